The van der Waals surface area contributed by atoms with E-state index in [9.17, 15) is 9.59 Å². The number of thiophene rings is 1. The maximum atomic E-state index is 11.7. The maximum absolute atomic E-state index is 11.7. The van der Waals surface area contributed by atoms with Crippen molar-refractivity contribution in [2.24, 2.45) is 0 Å². The summed E-state index contributed by atoms with van der Waals surface area (Å²) in [5.41, 5.74) is -0.670. The third-order valence-electron chi connectivity index (χ3n) is 1.91. The lowest BCUT2D eigenvalue weighted by molar-refractivity contribution is 0.689. The third kappa shape index (κ3) is 1.38. The molecular weight excluding hydrogens is 224 g/mol. The van der Waals surface area contributed by atoms with E-state index in [2.05, 4.69) is 4.98 Å². The van der Waals surface area contributed by atoms with Crippen LogP contribution in [0.2, 0.25) is 0 Å². The van der Waals surface area contributed by atoms with Crippen LogP contribution in [0.15, 0.2) is 21.0 Å². The van der Waals surface area contributed by atoms with Crippen LogP contribution >= 0.6 is 22.9 Å². The SMILES string of the molecule is O=c1[nH]c2sccc2c(=O)n1CCCl. The molecule has 2 aromatic heterocycles. The Balaban J connectivity index is 2.83. The van der Waals surface area contributed by atoms with Crippen LogP contribution in [0.5, 0.6) is 0 Å². The summed E-state index contributed by atoms with van der Waals surface area (Å²) < 4.78 is 1.11. The summed E-state index contributed by atoms with van der Waals surface area (Å²) in [6, 6.07) is 1.70. The van der Waals surface area contributed by atoms with Gasteiger partial charge >= 0.3 is 5.69 Å². The monoisotopic (exact) mass is 230 g/mol. The molecule has 2 heterocycles. The average Bonchev–Trinajstić information content (AvgIpc) is 2.60. The van der Waals surface area contributed by atoms with Crippen LogP contribution in [0.4, 0.5) is 0 Å². The topological polar surface area (TPSA) is 54.9 Å². The smallest absolute Gasteiger partial charge is 0.298 e. The Morgan fingerprint density at radius 2 is 2.29 bits per heavy atom. The summed E-state index contributed by atoms with van der Waals surface area (Å²) in [6.45, 7) is 0.238. The van der Waals surface area contributed by atoms with Crippen LogP contribution in [-0.2, 0) is 6.54 Å². The van der Waals surface area contributed by atoms with Crippen LogP contribution in [0.25, 0.3) is 10.2 Å². The number of hydrogen-bond donors (Lipinski definition) is 1. The van der Waals surface area contributed by atoms with Gasteiger partial charge < -0.3 is 0 Å². The van der Waals surface area contributed by atoms with Crippen LogP contribution in [0.3, 0.4) is 0 Å². The number of rotatable bonds is 2. The first kappa shape index (κ1) is 9.48. The highest BCUT2D eigenvalue weighted by molar-refractivity contribution is 7.16. The van der Waals surface area contributed by atoms with Gasteiger partial charge in [0.15, 0.2) is 0 Å². The molecule has 0 amide bonds. The van der Waals surface area contributed by atoms with Gasteiger partial charge in [-0.1, -0.05) is 0 Å². The standard InChI is InChI=1S/C8H7ClN2O2S/c9-2-3-11-7(12)5-1-4-14-6(5)10-8(11)13/h1,4H,2-3H2,(H,10,13). The maximum Gasteiger partial charge on any atom is 0.329 e. The minimum Gasteiger partial charge on any atom is -0.298 e. The molecule has 2 aromatic rings. The Bertz CT molecular complexity index is 568. The fourth-order valence-electron chi connectivity index (χ4n) is 1.26. The zero-order chi connectivity index (χ0) is 10.1. The van der Waals surface area contributed by atoms with Crippen molar-refractivity contribution in [2.75, 3.05) is 5.88 Å². The molecule has 0 fully saturated rings. The lowest BCUT2D eigenvalue weighted by atomic mass is 10.4. The average molecular weight is 231 g/mol. The van der Waals surface area contributed by atoms with E-state index >= 15 is 0 Å². The van der Waals surface area contributed by atoms with Gasteiger partial charge in [-0.05, 0) is 11.4 Å². The molecular formula is C8H7ClN2O2S. The molecule has 0 unspecified atom stereocenters. The number of aromatic amines is 1. The number of nitrogens with zero attached hydrogens (tertiary/aromatic N) is 1. The number of aromatic nitrogens is 2. The highest BCUT2D eigenvalue weighted by Crippen LogP contribution is 2.11. The van der Waals surface area contributed by atoms with Crippen LogP contribution < -0.4 is 11.2 Å². The van der Waals surface area contributed by atoms with Crippen LogP contribution in [0, 0.1) is 0 Å². The van der Waals surface area contributed by atoms with Gasteiger partial charge in [0.05, 0.1) is 5.39 Å². The van der Waals surface area contributed by atoms with Crippen LogP contribution in [-0.4, -0.2) is 15.4 Å². The highest BCUT2D eigenvalue weighted by Gasteiger charge is 2.06. The Kier molecular flexibility index (Phi) is 2.43. The minimum atomic E-state index is -0.398. The number of hydrogen-bond acceptors (Lipinski definition) is 3. The van der Waals surface area contributed by atoms with Crippen molar-refractivity contribution in [3.63, 3.8) is 0 Å². The summed E-state index contributed by atoms with van der Waals surface area (Å²) in [7, 11) is 0. The summed E-state index contributed by atoms with van der Waals surface area (Å²) in [4.78, 5) is 26.3. The van der Waals surface area contributed by atoms with E-state index < -0.39 is 5.69 Å². The number of H-pyrrole nitrogens is 1. The Morgan fingerprint density at radius 1 is 1.50 bits per heavy atom. The van der Waals surface area contributed by atoms with Crippen molar-refractivity contribution in [1.82, 2.24) is 9.55 Å². The molecule has 0 saturated carbocycles. The second-order valence-electron chi connectivity index (χ2n) is 2.74. The molecule has 4 nitrogen and oxygen atoms in total. The fraction of sp³-hybridized carbons (Fsp3) is 0.250. The molecule has 14 heavy (non-hydrogen) atoms. The van der Waals surface area contributed by atoms with Gasteiger partial charge in [-0.15, -0.1) is 22.9 Å². The highest BCUT2D eigenvalue weighted by atomic mass is 35.5. The second kappa shape index (κ2) is 3.59. The molecule has 6 heteroatoms. The van der Waals surface area contributed by atoms with Crippen molar-refractivity contribution in [2.45, 2.75) is 6.54 Å². The molecule has 74 valence electrons. The predicted octanol–water partition coefficient (Wildman–Crippen LogP) is 0.990. The molecule has 0 aliphatic heterocycles. The van der Waals surface area contributed by atoms with Crippen molar-refractivity contribution in [1.29, 1.82) is 0 Å². The number of nitrogens with one attached hydrogen (secondary N) is 1. The van der Waals surface area contributed by atoms with Gasteiger partial charge in [-0.3, -0.25) is 14.3 Å². The third-order valence-corrected chi connectivity index (χ3v) is 2.91. The summed E-state index contributed by atoms with van der Waals surface area (Å²) in [5.74, 6) is 0.249. The molecule has 0 aromatic carbocycles. The minimum absolute atomic E-state index is 0.238. The summed E-state index contributed by atoms with van der Waals surface area (Å²) >= 11 is 6.84. The summed E-state index contributed by atoms with van der Waals surface area (Å²) in [6.07, 6.45) is 0. The van der Waals surface area contributed by atoms with Gasteiger partial charge in [0.1, 0.15) is 4.83 Å². The van der Waals surface area contributed by atoms with Crippen molar-refractivity contribution in [3.8, 4) is 0 Å². The molecule has 0 atom stereocenters. The van der Waals surface area contributed by atoms with Crippen LogP contribution in [0.1, 0.15) is 0 Å². The molecule has 0 aliphatic rings. The Labute approximate surface area is 87.8 Å². The summed E-state index contributed by atoms with van der Waals surface area (Å²) in [5, 5.41) is 2.31. The number of halogens is 1. The van der Waals surface area contributed by atoms with Gasteiger partial charge in [-0.25, -0.2) is 4.79 Å². The van der Waals surface area contributed by atoms with Gasteiger partial charge in [0, 0.05) is 12.4 Å². The lowest BCUT2D eigenvalue weighted by Gasteiger charge is -2.00. The van der Waals surface area contributed by atoms with Gasteiger partial charge in [-0.2, -0.15) is 0 Å². The molecule has 0 bridgehead atoms. The van der Waals surface area contributed by atoms with Crippen molar-refractivity contribution in [3.05, 3.63) is 32.3 Å². The first-order valence-corrected chi connectivity index (χ1v) is 5.41. The van der Waals surface area contributed by atoms with E-state index in [0.29, 0.717) is 10.2 Å². The van der Waals surface area contributed by atoms with Crippen molar-refractivity contribution < 1.29 is 0 Å². The normalized spacial score (nSPS) is 10.9. The zero-order valence-corrected chi connectivity index (χ0v) is 8.69. The zero-order valence-electron chi connectivity index (χ0n) is 7.12. The van der Waals surface area contributed by atoms with Crippen molar-refractivity contribution >= 4 is 33.2 Å². The first-order valence-electron chi connectivity index (χ1n) is 4.00. The largest absolute Gasteiger partial charge is 0.329 e. The molecule has 0 saturated heterocycles. The van der Waals surface area contributed by atoms with E-state index in [1.807, 2.05) is 0 Å². The van der Waals surface area contributed by atoms with E-state index in [0.717, 1.165) is 4.57 Å². The molecule has 0 aliphatic carbocycles. The quantitative estimate of drug-likeness (QED) is 0.783. The van der Waals surface area contributed by atoms with E-state index in [-0.39, 0.29) is 18.0 Å². The Hall–Kier alpha value is -1.07. The predicted molar refractivity (Wildman–Crippen MR) is 57.4 cm³/mol. The second-order valence-corrected chi connectivity index (χ2v) is 4.03. The Morgan fingerprint density at radius 3 is 3.00 bits per heavy atom. The van der Waals surface area contributed by atoms with Gasteiger partial charge in [0.25, 0.3) is 5.56 Å². The van der Waals surface area contributed by atoms with E-state index in [4.69, 9.17) is 11.6 Å². The molecule has 2 rings (SSSR count). The van der Waals surface area contributed by atoms with E-state index in [1.54, 1.807) is 11.4 Å². The molecule has 0 spiro atoms. The molecule has 1 N–H and O–H groups in total. The fourth-order valence-corrected chi connectivity index (χ4v) is 2.20. The molecule has 0 radical (unpaired) electrons. The van der Waals surface area contributed by atoms with Gasteiger partial charge in [0.2, 0.25) is 0 Å². The lowest BCUT2D eigenvalue weighted by Crippen LogP contribution is -2.35. The number of fused-ring (bicyclic) bond motifs is 1. The van der Waals surface area contributed by atoms with E-state index in [1.165, 1.54) is 11.3 Å². The first-order chi connectivity index (χ1) is 6.74. The number of alkyl halides is 1.